The summed E-state index contributed by atoms with van der Waals surface area (Å²) in [6.45, 7) is 2.02. The van der Waals surface area contributed by atoms with Gasteiger partial charge in [-0.1, -0.05) is 18.2 Å². The number of methoxy groups -OCH3 is 1. The normalized spacial score (nSPS) is 10.3. The van der Waals surface area contributed by atoms with E-state index in [0.717, 1.165) is 22.2 Å². The van der Waals surface area contributed by atoms with E-state index in [9.17, 15) is 0 Å². The molecule has 2 aromatic rings. The number of benzene rings is 1. The topological polar surface area (TPSA) is 22.1 Å². The first-order valence-corrected chi connectivity index (χ1v) is 4.21. The molecule has 0 spiro atoms. The van der Waals surface area contributed by atoms with Crippen molar-refractivity contribution >= 4 is 10.9 Å². The van der Waals surface area contributed by atoms with Crippen molar-refractivity contribution in [3.63, 3.8) is 0 Å². The minimum absolute atomic E-state index is 0.873. The van der Waals surface area contributed by atoms with Gasteiger partial charge in [0.05, 0.1) is 7.11 Å². The molecule has 1 aromatic heterocycles. The Hall–Kier alpha value is -1.57. The maximum Gasteiger partial charge on any atom is 0.147 e. The van der Waals surface area contributed by atoms with Crippen molar-refractivity contribution in [2.24, 2.45) is 0 Å². The smallest absolute Gasteiger partial charge is 0.147 e. The first kappa shape index (κ1) is 8.05. The third-order valence-electron chi connectivity index (χ3n) is 2.13. The van der Waals surface area contributed by atoms with Gasteiger partial charge in [-0.3, -0.25) is 4.98 Å². The third kappa shape index (κ3) is 1.24. The Bertz CT molecular complexity index is 437. The zero-order valence-electron chi connectivity index (χ0n) is 7.74. The second-order valence-corrected chi connectivity index (χ2v) is 2.99. The molecule has 0 saturated carbocycles. The lowest BCUT2D eigenvalue weighted by Crippen LogP contribution is -1.90. The number of ether oxygens (including phenoxy) is 1. The number of fused-ring (bicyclic) bond motifs is 1. The van der Waals surface area contributed by atoms with Crippen LogP contribution < -0.4 is 4.74 Å². The molecule has 0 saturated heterocycles. The molecule has 1 aromatic carbocycles. The van der Waals surface area contributed by atoms with Crippen LogP contribution in [0.4, 0.5) is 0 Å². The highest BCUT2D eigenvalue weighted by molar-refractivity contribution is 5.85. The lowest BCUT2D eigenvalue weighted by atomic mass is 10.1. The minimum atomic E-state index is 0.873. The van der Waals surface area contributed by atoms with Gasteiger partial charge in [-0.15, -0.1) is 0 Å². The number of rotatable bonds is 1. The van der Waals surface area contributed by atoms with Gasteiger partial charge in [-0.25, -0.2) is 0 Å². The molecular weight excluding hydrogens is 162 g/mol. The molecule has 1 heterocycles. The summed E-state index contributed by atoms with van der Waals surface area (Å²) in [6.07, 6.45) is 1.78. The van der Waals surface area contributed by atoms with Crippen molar-refractivity contribution in [2.45, 2.75) is 6.92 Å². The summed E-state index contributed by atoms with van der Waals surface area (Å²) < 4.78 is 5.30. The summed E-state index contributed by atoms with van der Waals surface area (Å²) in [6, 6.07) is 8.06. The van der Waals surface area contributed by atoms with E-state index in [1.807, 2.05) is 25.1 Å². The number of pyridine rings is 1. The van der Waals surface area contributed by atoms with Gasteiger partial charge in [0.25, 0.3) is 0 Å². The summed E-state index contributed by atoms with van der Waals surface area (Å²) in [7, 11) is 1.68. The van der Waals surface area contributed by atoms with Gasteiger partial charge in [-0.2, -0.15) is 0 Å². The minimum Gasteiger partial charge on any atom is -0.494 e. The molecule has 0 N–H and O–H groups in total. The fourth-order valence-electron chi connectivity index (χ4n) is 1.48. The third-order valence-corrected chi connectivity index (χ3v) is 2.13. The molecule has 66 valence electrons. The van der Waals surface area contributed by atoms with Gasteiger partial charge in [0, 0.05) is 11.6 Å². The molecule has 2 nitrogen and oxygen atoms in total. The van der Waals surface area contributed by atoms with Crippen molar-refractivity contribution < 1.29 is 4.74 Å². The molecule has 0 radical (unpaired) electrons. The number of hydrogen-bond acceptors (Lipinski definition) is 2. The molecular formula is C11H11NO. The van der Waals surface area contributed by atoms with Crippen LogP contribution in [0, 0.1) is 6.92 Å². The van der Waals surface area contributed by atoms with Gasteiger partial charge >= 0.3 is 0 Å². The number of hydrogen-bond donors (Lipinski definition) is 0. The van der Waals surface area contributed by atoms with Crippen LogP contribution in [0.25, 0.3) is 10.9 Å². The standard InChI is InChI=1S/C11H11NO/c1-8-5-6-9-4-3-7-12-10(9)11(8)13-2/h3-7H,1-2H3. The van der Waals surface area contributed by atoms with Crippen LogP contribution in [-0.2, 0) is 0 Å². The molecule has 0 aliphatic rings. The summed E-state index contributed by atoms with van der Waals surface area (Å²) in [5.74, 6) is 0.873. The van der Waals surface area contributed by atoms with Crippen LogP contribution >= 0.6 is 0 Å². The Morgan fingerprint density at radius 2 is 2.08 bits per heavy atom. The molecule has 0 atom stereocenters. The van der Waals surface area contributed by atoms with Crippen molar-refractivity contribution in [1.82, 2.24) is 4.98 Å². The lowest BCUT2D eigenvalue weighted by Gasteiger charge is -2.06. The van der Waals surface area contributed by atoms with Crippen LogP contribution in [0.2, 0.25) is 0 Å². The summed E-state index contributed by atoms with van der Waals surface area (Å²) in [4.78, 5) is 4.29. The van der Waals surface area contributed by atoms with Crippen LogP contribution in [0.15, 0.2) is 30.5 Å². The Balaban J connectivity index is 2.84. The zero-order valence-corrected chi connectivity index (χ0v) is 7.74. The molecule has 0 amide bonds. The highest BCUT2D eigenvalue weighted by Crippen LogP contribution is 2.26. The molecule has 0 fully saturated rings. The van der Waals surface area contributed by atoms with Crippen LogP contribution in [0.3, 0.4) is 0 Å². The highest BCUT2D eigenvalue weighted by Gasteiger charge is 2.04. The van der Waals surface area contributed by atoms with Crippen molar-refractivity contribution in [3.8, 4) is 5.75 Å². The average Bonchev–Trinajstić information content (AvgIpc) is 2.18. The van der Waals surface area contributed by atoms with Crippen molar-refractivity contribution in [3.05, 3.63) is 36.0 Å². The summed E-state index contributed by atoms with van der Waals surface area (Å²) in [5, 5.41) is 1.12. The fourth-order valence-corrected chi connectivity index (χ4v) is 1.48. The zero-order chi connectivity index (χ0) is 9.26. The van der Waals surface area contributed by atoms with Crippen LogP contribution in [-0.4, -0.2) is 12.1 Å². The van der Waals surface area contributed by atoms with Gasteiger partial charge in [-0.05, 0) is 18.6 Å². The first-order valence-electron chi connectivity index (χ1n) is 4.21. The van der Waals surface area contributed by atoms with E-state index in [-0.39, 0.29) is 0 Å². The number of aryl methyl sites for hydroxylation is 1. The SMILES string of the molecule is COc1c(C)ccc2cccnc12. The van der Waals surface area contributed by atoms with E-state index in [1.54, 1.807) is 13.3 Å². The molecule has 13 heavy (non-hydrogen) atoms. The molecule has 2 heteroatoms. The second kappa shape index (κ2) is 3.05. The number of nitrogens with zero attached hydrogens (tertiary/aromatic N) is 1. The average molecular weight is 173 g/mol. The summed E-state index contributed by atoms with van der Waals surface area (Å²) in [5.41, 5.74) is 2.05. The molecule has 0 bridgehead atoms. The van der Waals surface area contributed by atoms with Crippen LogP contribution in [0.1, 0.15) is 5.56 Å². The quantitative estimate of drug-likeness (QED) is 0.661. The van der Waals surface area contributed by atoms with Gasteiger partial charge in [0.15, 0.2) is 0 Å². The molecule has 0 aliphatic carbocycles. The van der Waals surface area contributed by atoms with E-state index < -0.39 is 0 Å². The predicted molar refractivity (Wildman–Crippen MR) is 53.0 cm³/mol. The molecule has 0 aliphatic heterocycles. The first-order chi connectivity index (χ1) is 6.33. The van der Waals surface area contributed by atoms with Gasteiger partial charge in [0.1, 0.15) is 11.3 Å². The lowest BCUT2D eigenvalue weighted by molar-refractivity contribution is 0.416. The monoisotopic (exact) mass is 173 g/mol. The van der Waals surface area contributed by atoms with Crippen molar-refractivity contribution in [1.29, 1.82) is 0 Å². The Kier molecular flexibility index (Phi) is 1.89. The summed E-state index contributed by atoms with van der Waals surface area (Å²) >= 11 is 0. The molecule has 0 unspecified atom stereocenters. The Morgan fingerprint density at radius 1 is 1.23 bits per heavy atom. The second-order valence-electron chi connectivity index (χ2n) is 2.99. The van der Waals surface area contributed by atoms with Gasteiger partial charge in [0.2, 0.25) is 0 Å². The predicted octanol–water partition coefficient (Wildman–Crippen LogP) is 2.55. The Labute approximate surface area is 77.2 Å². The Morgan fingerprint density at radius 3 is 2.85 bits per heavy atom. The van der Waals surface area contributed by atoms with E-state index in [0.29, 0.717) is 0 Å². The molecule has 2 rings (SSSR count). The fraction of sp³-hybridized carbons (Fsp3) is 0.182. The van der Waals surface area contributed by atoms with E-state index >= 15 is 0 Å². The largest absolute Gasteiger partial charge is 0.494 e. The van der Waals surface area contributed by atoms with Gasteiger partial charge < -0.3 is 4.74 Å². The van der Waals surface area contributed by atoms with Crippen molar-refractivity contribution in [2.75, 3.05) is 7.11 Å². The maximum atomic E-state index is 5.30. The maximum absolute atomic E-state index is 5.30. The van der Waals surface area contributed by atoms with E-state index in [2.05, 4.69) is 11.1 Å². The highest BCUT2D eigenvalue weighted by atomic mass is 16.5. The van der Waals surface area contributed by atoms with E-state index in [4.69, 9.17) is 4.74 Å². The van der Waals surface area contributed by atoms with Crippen LogP contribution in [0.5, 0.6) is 5.75 Å². The number of aromatic nitrogens is 1. The van der Waals surface area contributed by atoms with E-state index in [1.165, 1.54) is 0 Å².